The molecule has 2 aromatic rings. The van der Waals surface area contributed by atoms with Gasteiger partial charge >= 0.3 is 5.97 Å². The average molecular weight is 411 g/mol. The standard InChI is InChI=1S/C17H18FN3O6S/c1-20(2)15-7-6-14(9-16(15)21(23)24)28(25,26)19-10-17(22)27-11-12-4-3-5-13(18)8-12/h3-9,19H,10-11H2,1-2H3. The van der Waals surface area contributed by atoms with E-state index in [0.29, 0.717) is 5.56 Å². The summed E-state index contributed by atoms with van der Waals surface area (Å²) in [5.41, 5.74) is 0.256. The van der Waals surface area contributed by atoms with Crippen molar-refractivity contribution in [3.05, 3.63) is 64.0 Å². The Morgan fingerprint density at radius 1 is 1.25 bits per heavy atom. The third-order valence-corrected chi connectivity index (χ3v) is 5.03. The lowest BCUT2D eigenvalue weighted by Crippen LogP contribution is -2.30. The molecule has 0 bridgehead atoms. The monoisotopic (exact) mass is 411 g/mol. The van der Waals surface area contributed by atoms with Crippen LogP contribution in [0.15, 0.2) is 47.4 Å². The molecule has 0 fully saturated rings. The van der Waals surface area contributed by atoms with Crippen LogP contribution in [0.5, 0.6) is 0 Å². The predicted molar refractivity (Wildman–Crippen MR) is 98.8 cm³/mol. The lowest BCUT2D eigenvalue weighted by molar-refractivity contribution is -0.384. The van der Waals surface area contributed by atoms with Crippen LogP contribution in [-0.4, -0.2) is 40.0 Å². The number of rotatable bonds is 8. The molecule has 150 valence electrons. The summed E-state index contributed by atoms with van der Waals surface area (Å²) in [6.07, 6.45) is 0. The summed E-state index contributed by atoms with van der Waals surface area (Å²) in [5, 5.41) is 11.2. The van der Waals surface area contributed by atoms with E-state index in [1.165, 1.54) is 35.2 Å². The van der Waals surface area contributed by atoms with Gasteiger partial charge in [-0.25, -0.2) is 12.8 Å². The summed E-state index contributed by atoms with van der Waals surface area (Å²) < 4.78 is 44.6. The van der Waals surface area contributed by atoms with E-state index in [2.05, 4.69) is 0 Å². The van der Waals surface area contributed by atoms with Gasteiger partial charge in [0.05, 0.1) is 9.82 Å². The molecule has 0 aliphatic rings. The Hall–Kier alpha value is -3.05. The molecule has 28 heavy (non-hydrogen) atoms. The van der Waals surface area contributed by atoms with Gasteiger partial charge in [0, 0.05) is 20.2 Å². The van der Waals surface area contributed by atoms with E-state index in [4.69, 9.17) is 4.74 Å². The second-order valence-corrected chi connectivity index (χ2v) is 7.68. The number of nitro benzene ring substituents is 1. The summed E-state index contributed by atoms with van der Waals surface area (Å²) in [4.78, 5) is 23.3. The lowest BCUT2D eigenvalue weighted by Gasteiger charge is -2.13. The minimum Gasteiger partial charge on any atom is -0.460 e. The molecule has 0 aliphatic heterocycles. The molecule has 2 rings (SSSR count). The fraction of sp³-hybridized carbons (Fsp3) is 0.235. The van der Waals surface area contributed by atoms with Crippen LogP contribution < -0.4 is 9.62 Å². The average Bonchev–Trinajstić information content (AvgIpc) is 2.64. The molecule has 0 heterocycles. The first-order valence-corrected chi connectivity index (χ1v) is 9.44. The SMILES string of the molecule is CN(C)c1ccc(S(=O)(=O)NCC(=O)OCc2cccc(F)c2)cc1[N+](=O)[O-]. The molecular formula is C17H18FN3O6S. The van der Waals surface area contributed by atoms with Gasteiger partial charge in [-0.3, -0.25) is 14.9 Å². The topological polar surface area (TPSA) is 119 Å². The number of esters is 1. The Balaban J connectivity index is 2.04. The van der Waals surface area contributed by atoms with Crippen LogP contribution in [-0.2, 0) is 26.2 Å². The molecule has 9 nitrogen and oxygen atoms in total. The maximum Gasteiger partial charge on any atom is 0.321 e. The quantitative estimate of drug-likeness (QED) is 0.400. The number of hydrogen-bond acceptors (Lipinski definition) is 7. The van der Waals surface area contributed by atoms with E-state index in [0.717, 1.165) is 6.07 Å². The number of hydrogen-bond donors (Lipinski definition) is 1. The maximum absolute atomic E-state index is 13.1. The van der Waals surface area contributed by atoms with Crippen LogP contribution in [0, 0.1) is 15.9 Å². The Labute approximate surface area is 160 Å². The van der Waals surface area contributed by atoms with Crippen LogP contribution in [0.25, 0.3) is 0 Å². The number of anilines is 1. The second kappa shape index (κ2) is 8.76. The van der Waals surface area contributed by atoms with Gasteiger partial charge in [0.15, 0.2) is 0 Å². The number of nitrogens with one attached hydrogen (secondary N) is 1. The molecule has 0 aliphatic carbocycles. The zero-order valence-corrected chi connectivity index (χ0v) is 15.9. The first-order valence-electron chi connectivity index (χ1n) is 7.95. The van der Waals surface area contributed by atoms with Crippen molar-refractivity contribution >= 4 is 27.4 Å². The van der Waals surface area contributed by atoms with E-state index in [1.807, 2.05) is 4.72 Å². The molecule has 1 N–H and O–H groups in total. The Bertz CT molecular complexity index is 994. The zero-order chi connectivity index (χ0) is 20.9. The van der Waals surface area contributed by atoms with Gasteiger partial charge in [-0.1, -0.05) is 12.1 Å². The number of ether oxygens (including phenoxy) is 1. The zero-order valence-electron chi connectivity index (χ0n) is 15.1. The summed E-state index contributed by atoms with van der Waals surface area (Å²) in [6.45, 7) is -0.901. The van der Waals surface area contributed by atoms with Crippen LogP contribution in [0.1, 0.15) is 5.56 Å². The third-order valence-electron chi connectivity index (χ3n) is 3.63. The largest absolute Gasteiger partial charge is 0.460 e. The van der Waals surface area contributed by atoms with Crippen molar-refractivity contribution in [1.82, 2.24) is 4.72 Å². The first-order chi connectivity index (χ1) is 13.1. The number of carbonyl (C=O) groups is 1. The number of benzene rings is 2. The van der Waals surface area contributed by atoms with Gasteiger partial charge in [-0.2, -0.15) is 4.72 Å². The van der Waals surface area contributed by atoms with Gasteiger partial charge in [0.2, 0.25) is 10.0 Å². The van der Waals surface area contributed by atoms with E-state index < -0.39 is 33.3 Å². The fourth-order valence-corrected chi connectivity index (χ4v) is 3.26. The van der Waals surface area contributed by atoms with Crippen LogP contribution in [0.4, 0.5) is 15.8 Å². The lowest BCUT2D eigenvalue weighted by atomic mass is 10.2. The maximum atomic E-state index is 13.1. The Kier molecular flexibility index (Phi) is 6.65. The summed E-state index contributed by atoms with van der Waals surface area (Å²) >= 11 is 0. The molecule has 0 unspecified atom stereocenters. The summed E-state index contributed by atoms with van der Waals surface area (Å²) in [7, 11) is -1.00. The molecule has 0 aromatic heterocycles. The van der Waals surface area contributed by atoms with Crippen molar-refractivity contribution in [3.63, 3.8) is 0 Å². The minimum atomic E-state index is -4.18. The highest BCUT2D eigenvalue weighted by atomic mass is 32.2. The Morgan fingerprint density at radius 3 is 2.57 bits per heavy atom. The molecule has 0 radical (unpaired) electrons. The number of carbonyl (C=O) groups excluding carboxylic acids is 1. The fourth-order valence-electron chi connectivity index (χ4n) is 2.27. The van der Waals surface area contributed by atoms with Crippen LogP contribution in [0.2, 0.25) is 0 Å². The van der Waals surface area contributed by atoms with Crippen molar-refractivity contribution in [2.75, 3.05) is 25.5 Å². The van der Waals surface area contributed by atoms with Crippen molar-refractivity contribution < 1.29 is 27.3 Å². The Morgan fingerprint density at radius 2 is 1.96 bits per heavy atom. The minimum absolute atomic E-state index is 0.221. The highest BCUT2D eigenvalue weighted by Gasteiger charge is 2.23. The summed E-state index contributed by atoms with van der Waals surface area (Å²) in [5.74, 6) is -1.37. The number of halogens is 1. The van der Waals surface area contributed by atoms with E-state index in [-0.39, 0.29) is 22.9 Å². The van der Waals surface area contributed by atoms with E-state index in [9.17, 15) is 27.7 Å². The smallest absolute Gasteiger partial charge is 0.321 e. The van der Waals surface area contributed by atoms with Crippen molar-refractivity contribution in [3.8, 4) is 0 Å². The molecule has 2 aromatic carbocycles. The van der Waals surface area contributed by atoms with Gasteiger partial charge in [0.1, 0.15) is 24.7 Å². The number of nitrogens with zero attached hydrogens (tertiary/aromatic N) is 2. The van der Waals surface area contributed by atoms with Crippen molar-refractivity contribution in [2.45, 2.75) is 11.5 Å². The van der Waals surface area contributed by atoms with Crippen LogP contribution in [0.3, 0.4) is 0 Å². The molecule has 0 saturated carbocycles. The van der Waals surface area contributed by atoms with Crippen molar-refractivity contribution in [2.24, 2.45) is 0 Å². The van der Waals surface area contributed by atoms with Crippen LogP contribution >= 0.6 is 0 Å². The van der Waals surface area contributed by atoms with E-state index in [1.54, 1.807) is 20.2 Å². The normalized spacial score (nSPS) is 11.1. The van der Waals surface area contributed by atoms with Gasteiger partial charge in [-0.15, -0.1) is 0 Å². The third kappa shape index (κ3) is 5.47. The van der Waals surface area contributed by atoms with Gasteiger partial charge in [-0.05, 0) is 29.8 Å². The molecule has 0 atom stereocenters. The second-order valence-electron chi connectivity index (χ2n) is 5.92. The number of sulfonamides is 1. The summed E-state index contributed by atoms with van der Waals surface area (Å²) in [6, 6.07) is 8.83. The molecule has 0 amide bonds. The van der Waals surface area contributed by atoms with Crippen molar-refractivity contribution in [1.29, 1.82) is 0 Å². The van der Waals surface area contributed by atoms with Gasteiger partial charge < -0.3 is 9.64 Å². The number of nitro groups is 1. The first kappa shape index (κ1) is 21.3. The van der Waals surface area contributed by atoms with E-state index >= 15 is 0 Å². The highest BCUT2D eigenvalue weighted by Crippen LogP contribution is 2.29. The van der Waals surface area contributed by atoms with Gasteiger partial charge in [0.25, 0.3) is 5.69 Å². The molecule has 0 spiro atoms. The highest BCUT2D eigenvalue weighted by molar-refractivity contribution is 7.89. The molecule has 0 saturated heterocycles. The molecular weight excluding hydrogens is 393 g/mol. The predicted octanol–water partition coefficient (Wildman–Crippen LogP) is 1.82. The molecule has 11 heteroatoms.